The molecule has 5 fully saturated rings. The fourth-order valence-electron chi connectivity index (χ4n) is 6.17. The number of nitrogens with one attached hydrogen (secondary N) is 3. The number of likely N-dealkylation sites (tertiary alicyclic amines) is 1. The van der Waals surface area contributed by atoms with Crippen LogP contribution in [0.5, 0.6) is 0 Å². The van der Waals surface area contributed by atoms with Gasteiger partial charge in [0.25, 0.3) is 0 Å². The quantitative estimate of drug-likeness (QED) is 0.591. The summed E-state index contributed by atoms with van der Waals surface area (Å²) < 4.78 is 11.2. The Hall–Kier alpha value is -0.970. The highest BCUT2D eigenvalue weighted by Crippen LogP contribution is 2.35. The van der Waals surface area contributed by atoms with Crippen molar-refractivity contribution in [3.05, 3.63) is 0 Å². The van der Waals surface area contributed by atoms with Gasteiger partial charge in [0.1, 0.15) is 5.60 Å². The maximum absolute atomic E-state index is 12.4. The van der Waals surface area contributed by atoms with Crippen molar-refractivity contribution in [2.45, 2.75) is 88.7 Å². The second-order valence-corrected chi connectivity index (χ2v) is 11.3. The zero-order valence-corrected chi connectivity index (χ0v) is 19.8. The molecule has 5 rings (SSSR count). The number of carbonyl (C=O) groups is 1. The van der Waals surface area contributed by atoms with E-state index in [0.717, 1.165) is 71.5 Å². The van der Waals surface area contributed by atoms with Crippen molar-refractivity contribution in [2.24, 2.45) is 11.8 Å². The summed E-state index contributed by atoms with van der Waals surface area (Å²) in [5.74, 6) is 1.06. The van der Waals surface area contributed by atoms with Gasteiger partial charge in [-0.05, 0) is 58.8 Å². The van der Waals surface area contributed by atoms with Crippen molar-refractivity contribution >= 4 is 6.09 Å². The summed E-state index contributed by atoms with van der Waals surface area (Å²) >= 11 is 0. The molecule has 0 saturated carbocycles. The molecule has 5 aliphatic rings. The van der Waals surface area contributed by atoms with Gasteiger partial charge in [-0.25, -0.2) is 9.80 Å². The van der Waals surface area contributed by atoms with Crippen LogP contribution in [0.2, 0.25) is 0 Å². The number of piperidine rings is 2. The van der Waals surface area contributed by atoms with Gasteiger partial charge in [-0.3, -0.25) is 10.3 Å². The molecule has 3 N–H and O–H groups in total. The lowest BCUT2D eigenvalue weighted by atomic mass is 9.81. The van der Waals surface area contributed by atoms with Crippen LogP contribution < -0.4 is 16.2 Å². The molecule has 1 amide bonds. The Morgan fingerprint density at radius 1 is 1.03 bits per heavy atom. The third kappa shape index (κ3) is 4.93. The van der Waals surface area contributed by atoms with E-state index in [0.29, 0.717) is 36.0 Å². The molecule has 0 aromatic rings. The number of nitrogens with zero attached hydrogens (tertiary/aromatic N) is 2. The van der Waals surface area contributed by atoms with Gasteiger partial charge in [0.05, 0.1) is 18.8 Å². The standard InChI is InChI=1S/C23H41N5O4/c1-23(2,3)31-22(29)27-7-4-15(5-8-27)18-11-21(32-26-18)16-10-20-19(24-12-16)13-25-28(20)17-6-9-30-14-17/h15-21,24-26H,4-14H2,1-3H3. The van der Waals surface area contributed by atoms with Gasteiger partial charge in [0.15, 0.2) is 0 Å². The Bertz CT molecular complexity index is 659. The minimum Gasteiger partial charge on any atom is -0.444 e. The average molecular weight is 452 g/mol. The Morgan fingerprint density at radius 3 is 2.56 bits per heavy atom. The van der Waals surface area contributed by atoms with Crippen molar-refractivity contribution in [1.29, 1.82) is 0 Å². The highest BCUT2D eigenvalue weighted by Gasteiger charge is 2.46. The summed E-state index contributed by atoms with van der Waals surface area (Å²) in [6.45, 7) is 11.0. The Morgan fingerprint density at radius 2 is 1.84 bits per heavy atom. The fourth-order valence-corrected chi connectivity index (χ4v) is 6.17. The second kappa shape index (κ2) is 9.35. The largest absolute Gasteiger partial charge is 0.444 e. The Balaban J connectivity index is 1.10. The first kappa shape index (κ1) is 22.8. The van der Waals surface area contributed by atoms with Gasteiger partial charge in [0, 0.05) is 56.8 Å². The van der Waals surface area contributed by atoms with Crippen LogP contribution in [0.3, 0.4) is 0 Å². The van der Waals surface area contributed by atoms with Gasteiger partial charge >= 0.3 is 6.09 Å². The summed E-state index contributed by atoms with van der Waals surface area (Å²) in [5, 5.41) is 6.26. The molecule has 9 nitrogen and oxygen atoms in total. The van der Waals surface area contributed by atoms with E-state index in [1.165, 1.54) is 0 Å². The molecule has 9 heteroatoms. The topological polar surface area (TPSA) is 87.3 Å². The van der Waals surface area contributed by atoms with E-state index in [4.69, 9.17) is 14.3 Å². The van der Waals surface area contributed by atoms with Crippen molar-refractivity contribution in [2.75, 3.05) is 39.4 Å². The summed E-state index contributed by atoms with van der Waals surface area (Å²) in [6.07, 6.45) is 5.40. The van der Waals surface area contributed by atoms with E-state index in [2.05, 4.69) is 21.2 Å². The maximum atomic E-state index is 12.4. The number of hydrazine groups is 1. The Labute approximate surface area is 191 Å². The monoisotopic (exact) mass is 451 g/mol. The summed E-state index contributed by atoms with van der Waals surface area (Å²) in [6, 6.07) is 1.91. The molecule has 0 bridgehead atoms. The van der Waals surface area contributed by atoms with Gasteiger partial charge in [-0.1, -0.05) is 0 Å². The predicted octanol–water partition coefficient (Wildman–Crippen LogP) is 1.25. The SMILES string of the molecule is CC(C)(C)OC(=O)N1CCC(C2CC(C3CNC4CNN(C5CCOC5)C4C3)ON2)CC1. The molecule has 0 aromatic heterocycles. The van der Waals surface area contributed by atoms with Gasteiger partial charge < -0.3 is 19.7 Å². The van der Waals surface area contributed by atoms with Crippen molar-refractivity contribution in [3.63, 3.8) is 0 Å². The molecule has 6 atom stereocenters. The number of amides is 1. The molecule has 0 spiro atoms. The van der Waals surface area contributed by atoms with Gasteiger partial charge in [-0.2, -0.15) is 5.48 Å². The van der Waals surface area contributed by atoms with E-state index >= 15 is 0 Å². The molecular weight excluding hydrogens is 410 g/mol. The molecule has 32 heavy (non-hydrogen) atoms. The number of hydrogen-bond donors (Lipinski definition) is 3. The van der Waals surface area contributed by atoms with E-state index in [-0.39, 0.29) is 12.2 Å². The van der Waals surface area contributed by atoms with Crippen LogP contribution >= 0.6 is 0 Å². The molecule has 0 radical (unpaired) electrons. The van der Waals surface area contributed by atoms with E-state index < -0.39 is 5.60 Å². The fraction of sp³-hybridized carbons (Fsp3) is 0.957. The maximum Gasteiger partial charge on any atom is 0.410 e. The van der Waals surface area contributed by atoms with Crippen LogP contribution in [-0.2, 0) is 14.3 Å². The normalized spacial score (nSPS) is 39.4. The third-order valence-corrected chi connectivity index (χ3v) is 7.94. The van der Waals surface area contributed by atoms with Crippen LogP contribution in [0.4, 0.5) is 4.79 Å². The minimum absolute atomic E-state index is 0.185. The third-order valence-electron chi connectivity index (χ3n) is 7.94. The molecule has 5 heterocycles. The highest BCUT2D eigenvalue weighted by molar-refractivity contribution is 5.68. The van der Waals surface area contributed by atoms with E-state index in [9.17, 15) is 4.79 Å². The smallest absolute Gasteiger partial charge is 0.410 e. The van der Waals surface area contributed by atoms with Crippen molar-refractivity contribution in [1.82, 2.24) is 26.1 Å². The number of hydroxylamine groups is 1. The number of hydrogen-bond acceptors (Lipinski definition) is 8. The predicted molar refractivity (Wildman–Crippen MR) is 120 cm³/mol. The van der Waals surface area contributed by atoms with Crippen molar-refractivity contribution in [3.8, 4) is 0 Å². The first-order valence-corrected chi connectivity index (χ1v) is 12.6. The molecule has 0 aromatic carbocycles. The number of rotatable bonds is 3. The molecule has 5 saturated heterocycles. The van der Waals surface area contributed by atoms with Crippen LogP contribution in [0.25, 0.3) is 0 Å². The molecule has 6 unspecified atom stereocenters. The number of carbonyl (C=O) groups excluding carboxylic acids is 1. The highest BCUT2D eigenvalue weighted by atomic mass is 16.7. The van der Waals surface area contributed by atoms with Crippen molar-refractivity contribution < 1.29 is 19.1 Å². The average Bonchev–Trinajstić information content (AvgIpc) is 3.52. The Kier molecular flexibility index (Phi) is 6.66. The molecule has 0 aliphatic carbocycles. The lowest BCUT2D eigenvalue weighted by Gasteiger charge is -2.39. The zero-order valence-electron chi connectivity index (χ0n) is 19.8. The molecule has 5 aliphatic heterocycles. The first-order chi connectivity index (χ1) is 15.4. The van der Waals surface area contributed by atoms with Gasteiger partial charge in [0.2, 0.25) is 0 Å². The first-order valence-electron chi connectivity index (χ1n) is 12.6. The van der Waals surface area contributed by atoms with Gasteiger partial charge in [-0.15, -0.1) is 0 Å². The number of fused-ring (bicyclic) bond motifs is 1. The summed E-state index contributed by atoms with van der Waals surface area (Å²) in [5.41, 5.74) is 6.56. The number of ether oxygens (including phenoxy) is 2. The summed E-state index contributed by atoms with van der Waals surface area (Å²) in [4.78, 5) is 20.4. The lowest BCUT2D eigenvalue weighted by molar-refractivity contribution is -0.0301. The van der Waals surface area contributed by atoms with Crippen LogP contribution in [0.1, 0.15) is 52.9 Å². The molecular formula is C23H41N5O4. The van der Waals surface area contributed by atoms with E-state index in [1.54, 1.807) is 0 Å². The van der Waals surface area contributed by atoms with Crippen LogP contribution in [0, 0.1) is 11.8 Å². The zero-order chi connectivity index (χ0) is 22.3. The lowest BCUT2D eigenvalue weighted by Crippen LogP contribution is -2.55. The molecule has 182 valence electrons. The second-order valence-electron chi connectivity index (χ2n) is 11.3. The van der Waals surface area contributed by atoms with Crippen LogP contribution in [0.15, 0.2) is 0 Å². The van der Waals surface area contributed by atoms with E-state index in [1.807, 2.05) is 25.7 Å². The minimum atomic E-state index is -0.440. The van der Waals surface area contributed by atoms with Crippen LogP contribution in [-0.4, -0.2) is 91.3 Å². The summed E-state index contributed by atoms with van der Waals surface area (Å²) in [7, 11) is 0.